The van der Waals surface area contributed by atoms with Crippen LogP contribution >= 0.6 is 0 Å². The molecule has 12 nitrogen and oxygen atoms in total. The fourth-order valence-corrected chi connectivity index (χ4v) is 9.13. The largest absolute Gasteiger partial charge is 0.374 e. The predicted octanol–water partition coefficient (Wildman–Crippen LogP) is 5.88. The highest BCUT2D eigenvalue weighted by molar-refractivity contribution is 6.01. The second-order valence-electron chi connectivity index (χ2n) is 16.3. The van der Waals surface area contributed by atoms with Gasteiger partial charge in [-0.15, -0.1) is 0 Å². The molecule has 1 aliphatic carbocycles. The number of aromatic nitrogens is 3. The molecule has 1 saturated carbocycles. The maximum atomic E-state index is 15.2. The lowest BCUT2D eigenvalue weighted by atomic mass is 9.80. The number of carbonyl (C=O) groups is 3. The van der Waals surface area contributed by atoms with Gasteiger partial charge in [0.05, 0.1) is 6.20 Å². The SMILES string of the molecule is O=C1CCC(Nc2ccc(C3CCN(C[C@H]4CC[C@H](C(=O)N5CCC(Nc6ncc(F)c(-c7cccc(-n8ccccc8=O)c7)n6)CC5)CC4)CC3)c(F)c2)C(=O)N1. The van der Waals surface area contributed by atoms with E-state index in [2.05, 4.69) is 30.8 Å². The first-order valence-electron chi connectivity index (χ1n) is 20.6. The lowest BCUT2D eigenvalue weighted by molar-refractivity contribution is -0.138. The third-order valence-corrected chi connectivity index (χ3v) is 12.4. The highest BCUT2D eigenvalue weighted by atomic mass is 19.1. The van der Waals surface area contributed by atoms with Crippen molar-refractivity contribution in [3.05, 3.63) is 101 Å². The average Bonchev–Trinajstić information content (AvgIpc) is 3.23. The number of hydrogen-bond donors (Lipinski definition) is 3. The van der Waals surface area contributed by atoms with Crippen LogP contribution < -0.4 is 21.5 Å². The molecule has 2 aromatic carbocycles. The number of amides is 3. The number of halogens is 2. The number of piperidine rings is 3. The van der Waals surface area contributed by atoms with Crippen molar-refractivity contribution < 1.29 is 23.2 Å². The van der Waals surface area contributed by atoms with Crippen LogP contribution in [0.15, 0.2) is 77.9 Å². The van der Waals surface area contributed by atoms with E-state index in [1.807, 2.05) is 17.0 Å². The van der Waals surface area contributed by atoms with Crippen LogP contribution in [0.5, 0.6) is 0 Å². The summed E-state index contributed by atoms with van der Waals surface area (Å²) in [5.74, 6) is -0.157. The number of pyridine rings is 1. The number of benzene rings is 2. The van der Waals surface area contributed by atoms with E-state index in [9.17, 15) is 23.6 Å². The Morgan fingerprint density at radius 2 is 1.60 bits per heavy atom. The molecular formula is C44H50F2N8O4. The van der Waals surface area contributed by atoms with E-state index >= 15 is 4.39 Å². The number of nitrogens with one attached hydrogen (secondary N) is 3. The first-order valence-corrected chi connectivity index (χ1v) is 20.6. The molecular weight excluding hydrogens is 743 g/mol. The van der Waals surface area contributed by atoms with E-state index in [0.717, 1.165) is 77.2 Å². The summed E-state index contributed by atoms with van der Waals surface area (Å²) in [6, 6.07) is 16.6. The maximum absolute atomic E-state index is 15.2. The third-order valence-electron chi connectivity index (χ3n) is 12.4. The van der Waals surface area contributed by atoms with Crippen LogP contribution in [0.3, 0.4) is 0 Å². The lowest BCUT2D eigenvalue weighted by Gasteiger charge is -2.38. The maximum Gasteiger partial charge on any atom is 0.255 e. The van der Waals surface area contributed by atoms with Gasteiger partial charge in [-0.25, -0.2) is 18.7 Å². The predicted molar refractivity (Wildman–Crippen MR) is 216 cm³/mol. The molecule has 0 spiro atoms. The quantitative estimate of drug-likeness (QED) is 0.168. The van der Waals surface area contributed by atoms with Gasteiger partial charge in [0, 0.05) is 67.2 Å². The van der Waals surface area contributed by atoms with Crippen LogP contribution in [-0.2, 0) is 14.4 Å². The topological polar surface area (TPSA) is 142 Å². The Bertz CT molecular complexity index is 2190. The first kappa shape index (κ1) is 39.3. The number of hydrogen-bond acceptors (Lipinski definition) is 9. The van der Waals surface area contributed by atoms with Crippen molar-refractivity contribution in [1.82, 2.24) is 29.7 Å². The summed E-state index contributed by atoms with van der Waals surface area (Å²) in [7, 11) is 0. The molecule has 1 atom stereocenters. The second kappa shape index (κ2) is 17.6. The summed E-state index contributed by atoms with van der Waals surface area (Å²) in [5, 5.41) is 8.75. The van der Waals surface area contributed by atoms with E-state index < -0.39 is 11.9 Å². The van der Waals surface area contributed by atoms with Crippen LogP contribution in [0.2, 0.25) is 0 Å². The molecule has 58 heavy (non-hydrogen) atoms. The van der Waals surface area contributed by atoms with Crippen molar-refractivity contribution in [2.45, 2.75) is 82.2 Å². The van der Waals surface area contributed by atoms with Gasteiger partial charge in [-0.1, -0.05) is 24.3 Å². The molecule has 3 amide bonds. The molecule has 3 aliphatic heterocycles. The smallest absolute Gasteiger partial charge is 0.255 e. The fourth-order valence-electron chi connectivity index (χ4n) is 9.13. The van der Waals surface area contributed by atoms with Gasteiger partial charge in [0.25, 0.3) is 5.56 Å². The van der Waals surface area contributed by atoms with Crippen molar-refractivity contribution in [3.63, 3.8) is 0 Å². The summed E-state index contributed by atoms with van der Waals surface area (Å²) >= 11 is 0. The molecule has 3 N–H and O–H groups in total. The van der Waals surface area contributed by atoms with Crippen LogP contribution in [0, 0.1) is 23.5 Å². The second-order valence-corrected chi connectivity index (χ2v) is 16.3. The van der Waals surface area contributed by atoms with E-state index in [1.54, 1.807) is 42.6 Å². The van der Waals surface area contributed by atoms with Crippen molar-refractivity contribution in [2.24, 2.45) is 11.8 Å². The molecule has 4 fully saturated rings. The molecule has 1 unspecified atom stereocenters. The van der Waals surface area contributed by atoms with Gasteiger partial charge in [0.15, 0.2) is 5.82 Å². The molecule has 0 bridgehead atoms. The number of likely N-dealkylation sites (tertiary alicyclic amines) is 2. The summed E-state index contributed by atoms with van der Waals surface area (Å²) < 4.78 is 31.7. The number of carbonyl (C=O) groups excluding carboxylic acids is 3. The Balaban J connectivity index is 0.761. The molecule has 14 heteroatoms. The summed E-state index contributed by atoms with van der Waals surface area (Å²) in [6.45, 7) is 4.13. The highest BCUT2D eigenvalue weighted by Gasteiger charge is 2.33. The van der Waals surface area contributed by atoms with E-state index in [1.165, 1.54) is 16.7 Å². The average molecular weight is 793 g/mol. The van der Waals surface area contributed by atoms with Crippen molar-refractivity contribution in [2.75, 3.05) is 43.4 Å². The molecule has 4 aliphatic rings. The van der Waals surface area contributed by atoms with Gasteiger partial charge in [0.2, 0.25) is 23.7 Å². The van der Waals surface area contributed by atoms with Crippen molar-refractivity contribution in [3.8, 4) is 16.9 Å². The van der Waals surface area contributed by atoms with Gasteiger partial charge in [0.1, 0.15) is 17.6 Å². The zero-order valence-corrected chi connectivity index (χ0v) is 32.5. The van der Waals surface area contributed by atoms with Gasteiger partial charge in [-0.2, -0.15) is 0 Å². The standard InChI is InChI=1S/C44H50F2N8O4/c45-36-25-33(48-38-13-14-39(55)50-42(38)57)11-12-35(36)29-15-20-52(21-16-29)27-28-7-9-30(10-8-28)43(58)53-22-17-32(18-23-53)49-44-47-26-37(46)41(51-44)31-4-3-5-34(24-31)54-19-2-1-6-40(54)56/h1-6,11-12,19,24-26,28-30,32,38,48H,7-10,13-18,20-23,27H2,(H,47,49,51)(H,50,55,57)/t28-,30-,38?. The zero-order chi connectivity index (χ0) is 40.2. The summed E-state index contributed by atoms with van der Waals surface area (Å²) in [6.07, 6.45) is 10.6. The Kier molecular flexibility index (Phi) is 11.9. The first-order chi connectivity index (χ1) is 28.2. The van der Waals surface area contributed by atoms with Crippen molar-refractivity contribution in [1.29, 1.82) is 0 Å². The minimum absolute atomic E-state index is 0.0485. The van der Waals surface area contributed by atoms with Gasteiger partial charge >= 0.3 is 0 Å². The minimum Gasteiger partial charge on any atom is -0.374 e. The van der Waals surface area contributed by atoms with Crippen LogP contribution in [0.25, 0.3) is 16.9 Å². The normalized spacial score (nSPS) is 22.4. The molecule has 8 rings (SSSR count). The monoisotopic (exact) mass is 792 g/mol. The number of anilines is 2. The van der Waals surface area contributed by atoms with Gasteiger partial charge in [-0.05, 0) is 119 Å². The summed E-state index contributed by atoms with van der Waals surface area (Å²) in [5.41, 5.74) is 2.37. The Hall–Kier alpha value is -5.50. The third kappa shape index (κ3) is 9.12. The number of imide groups is 1. The Labute approximate surface area is 336 Å². The van der Waals surface area contributed by atoms with Crippen LogP contribution in [0.4, 0.5) is 20.4 Å². The zero-order valence-electron chi connectivity index (χ0n) is 32.5. The molecule has 3 saturated heterocycles. The van der Waals surface area contributed by atoms with E-state index in [4.69, 9.17) is 0 Å². The molecule has 4 aromatic rings. The van der Waals surface area contributed by atoms with Gasteiger partial charge in [-0.3, -0.25) is 29.1 Å². The fraction of sp³-hybridized carbons (Fsp3) is 0.455. The molecule has 5 heterocycles. The Morgan fingerprint density at radius 3 is 2.34 bits per heavy atom. The highest BCUT2D eigenvalue weighted by Crippen LogP contribution is 2.35. The van der Waals surface area contributed by atoms with Crippen LogP contribution in [0.1, 0.15) is 75.7 Å². The molecule has 0 radical (unpaired) electrons. The van der Waals surface area contributed by atoms with Crippen LogP contribution in [-0.4, -0.2) is 86.9 Å². The number of rotatable bonds is 10. The number of nitrogens with zero attached hydrogens (tertiary/aromatic N) is 5. The van der Waals surface area contributed by atoms with E-state index in [0.29, 0.717) is 53.9 Å². The summed E-state index contributed by atoms with van der Waals surface area (Å²) in [4.78, 5) is 62.7. The molecule has 304 valence electrons. The Morgan fingerprint density at radius 1 is 0.810 bits per heavy atom. The van der Waals surface area contributed by atoms with E-state index in [-0.39, 0.29) is 59.1 Å². The minimum atomic E-state index is -0.554. The van der Waals surface area contributed by atoms with Crippen molar-refractivity contribution >= 4 is 29.4 Å². The molecule has 2 aromatic heterocycles. The lowest BCUT2D eigenvalue weighted by Crippen LogP contribution is -2.47. The van der Waals surface area contributed by atoms with Gasteiger partial charge < -0.3 is 20.4 Å².